The second kappa shape index (κ2) is 10.6. The topological polar surface area (TPSA) is 45.2 Å². The first-order chi connectivity index (χ1) is 14.5. The van der Waals surface area contributed by atoms with E-state index < -0.39 is 0 Å². The molecule has 1 aromatic heterocycles. The smallest absolute Gasteiger partial charge is 0.234 e. The van der Waals surface area contributed by atoms with Crippen LogP contribution in [-0.2, 0) is 24.3 Å². The van der Waals surface area contributed by atoms with Gasteiger partial charge >= 0.3 is 0 Å². The van der Waals surface area contributed by atoms with E-state index >= 15 is 0 Å². The summed E-state index contributed by atoms with van der Waals surface area (Å²) in [5.41, 5.74) is 3.15. The number of aromatic nitrogens is 1. The Hall–Kier alpha value is -3.12. The molecule has 0 unspecified atom stereocenters. The summed E-state index contributed by atoms with van der Waals surface area (Å²) in [6.07, 6.45) is 2.44. The maximum atomic E-state index is 13.7. The van der Waals surface area contributed by atoms with Crippen molar-refractivity contribution in [3.63, 3.8) is 0 Å². The molecule has 0 bridgehead atoms. The van der Waals surface area contributed by atoms with E-state index in [1.807, 2.05) is 23.1 Å². The molecule has 0 radical (unpaired) electrons. The molecule has 1 heterocycles. The first-order valence-electron chi connectivity index (χ1n) is 9.88. The number of nitrogens with zero attached hydrogens (tertiary/aromatic N) is 2. The molecule has 0 saturated heterocycles. The predicted octanol–water partition coefficient (Wildman–Crippen LogP) is 4.03. The molecule has 30 heavy (non-hydrogen) atoms. The van der Waals surface area contributed by atoms with E-state index in [0.29, 0.717) is 30.6 Å². The Balaban J connectivity index is 1.60. The summed E-state index contributed by atoms with van der Waals surface area (Å²) in [5.74, 6) is -0.726. The largest absolute Gasteiger partial charge is 0.351 e. The fourth-order valence-corrected chi connectivity index (χ4v) is 3.09. The molecule has 0 spiro atoms. The van der Waals surface area contributed by atoms with Crippen molar-refractivity contribution in [2.75, 3.05) is 13.1 Å². The fraction of sp³-hybridized carbons (Fsp3) is 0.250. The van der Waals surface area contributed by atoms with Gasteiger partial charge in [-0.2, -0.15) is 0 Å². The van der Waals surface area contributed by atoms with E-state index in [1.54, 1.807) is 37.4 Å². The SMILES string of the molecule is Cc1ccc(CNC(=O)CN(CCc2ccccn2)Cc2ccc(F)cc2)cc1F. The standard InChI is InChI=1S/C24H25F2N3O/c1-18-5-6-20(14-23(18)26)15-28-24(30)17-29(13-11-22-4-2-3-12-27-22)16-19-7-9-21(25)10-8-19/h2-10,12,14H,11,13,15-17H2,1H3,(H,28,30). The van der Waals surface area contributed by atoms with Crippen LogP contribution in [0.2, 0.25) is 0 Å². The minimum absolute atomic E-state index is 0.154. The second-order valence-electron chi connectivity index (χ2n) is 7.27. The lowest BCUT2D eigenvalue weighted by atomic mass is 10.1. The summed E-state index contributed by atoms with van der Waals surface area (Å²) in [5, 5.41) is 2.85. The van der Waals surface area contributed by atoms with E-state index in [-0.39, 0.29) is 30.6 Å². The number of carbonyl (C=O) groups excluding carboxylic acids is 1. The molecule has 3 aromatic rings. The van der Waals surface area contributed by atoms with Crippen LogP contribution in [0.1, 0.15) is 22.4 Å². The lowest BCUT2D eigenvalue weighted by Crippen LogP contribution is -2.37. The Labute approximate surface area is 175 Å². The molecule has 0 aliphatic rings. The van der Waals surface area contributed by atoms with Crippen molar-refractivity contribution in [1.29, 1.82) is 0 Å². The average Bonchev–Trinajstić information content (AvgIpc) is 2.75. The molecular formula is C24H25F2N3O. The van der Waals surface area contributed by atoms with E-state index in [1.165, 1.54) is 18.2 Å². The Bertz CT molecular complexity index is 962. The molecule has 0 saturated carbocycles. The monoisotopic (exact) mass is 409 g/mol. The molecule has 0 fully saturated rings. The number of amides is 1. The van der Waals surface area contributed by atoms with Gasteiger partial charge in [-0.3, -0.25) is 14.7 Å². The van der Waals surface area contributed by atoms with Crippen molar-refractivity contribution in [1.82, 2.24) is 15.2 Å². The highest BCUT2D eigenvalue weighted by molar-refractivity contribution is 5.78. The van der Waals surface area contributed by atoms with Gasteiger partial charge in [0, 0.05) is 37.9 Å². The van der Waals surface area contributed by atoms with Crippen LogP contribution in [0.5, 0.6) is 0 Å². The molecule has 1 amide bonds. The van der Waals surface area contributed by atoms with E-state index in [2.05, 4.69) is 10.3 Å². The quantitative estimate of drug-likeness (QED) is 0.580. The first-order valence-corrected chi connectivity index (χ1v) is 9.88. The fourth-order valence-electron chi connectivity index (χ4n) is 3.09. The van der Waals surface area contributed by atoms with Crippen LogP contribution >= 0.6 is 0 Å². The third kappa shape index (κ3) is 6.74. The number of carbonyl (C=O) groups is 1. The number of hydrogen-bond acceptors (Lipinski definition) is 3. The van der Waals surface area contributed by atoms with Crippen LogP contribution in [0.15, 0.2) is 66.9 Å². The Morgan fingerprint density at radius 2 is 1.80 bits per heavy atom. The van der Waals surface area contributed by atoms with Gasteiger partial charge < -0.3 is 5.32 Å². The molecule has 1 N–H and O–H groups in total. The normalized spacial score (nSPS) is 10.9. The van der Waals surface area contributed by atoms with Gasteiger partial charge in [0.25, 0.3) is 0 Å². The van der Waals surface area contributed by atoms with Gasteiger partial charge in [-0.1, -0.05) is 30.3 Å². The maximum absolute atomic E-state index is 13.7. The molecule has 6 heteroatoms. The van der Waals surface area contributed by atoms with Crippen LogP contribution in [0.4, 0.5) is 8.78 Å². The Kier molecular flexibility index (Phi) is 7.63. The van der Waals surface area contributed by atoms with E-state index in [0.717, 1.165) is 11.3 Å². The minimum Gasteiger partial charge on any atom is -0.351 e. The Morgan fingerprint density at radius 3 is 2.50 bits per heavy atom. The van der Waals surface area contributed by atoms with Gasteiger partial charge in [0.2, 0.25) is 5.91 Å². The predicted molar refractivity (Wildman–Crippen MR) is 113 cm³/mol. The summed E-state index contributed by atoms with van der Waals surface area (Å²) in [6.45, 7) is 3.28. The zero-order chi connectivity index (χ0) is 21.3. The third-order valence-corrected chi connectivity index (χ3v) is 4.82. The number of halogens is 2. The summed E-state index contributed by atoms with van der Waals surface area (Å²) in [4.78, 5) is 18.8. The van der Waals surface area contributed by atoms with Crippen LogP contribution in [0.25, 0.3) is 0 Å². The van der Waals surface area contributed by atoms with Gasteiger partial charge in [0.1, 0.15) is 11.6 Å². The van der Waals surface area contributed by atoms with Crippen molar-refractivity contribution in [3.05, 3.63) is 101 Å². The third-order valence-electron chi connectivity index (χ3n) is 4.82. The molecule has 3 rings (SSSR count). The van der Waals surface area contributed by atoms with Crippen LogP contribution in [-0.4, -0.2) is 28.9 Å². The average molecular weight is 409 g/mol. The summed E-state index contributed by atoms with van der Waals surface area (Å²) in [6, 6.07) is 16.9. The highest BCUT2D eigenvalue weighted by atomic mass is 19.1. The first kappa shape index (κ1) is 21.6. The van der Waals surface area contributed by atoms with E-state index in [9.17, 15) is 13.6 Å². The van der Waals surface area contributed by atoms with Gasteiger partial charge in [0.15, 0.2) is 0 Å². The van der Waals surface area contributed by atoms with Gasteiger partial charge in [-0.25, -0.2) is 8.78 Å². The van der Waals surface area contributed by atoms with E-state index in [4.69, 9.17) is 0 Å². The zero-order valence-corrected chi connectivity index (χ0v) is 16.9. The van der Waals surface area contributed by atoms with Gasteiger partial charge in [-0.05, 0) is 53.9 Å². The number of pyridine rings is 1. The molecule has 156 valence electrons. The number of rotatable bonds is 9. The molecule has 4 nitrogen and oxygen atoms in total. The summed E-state index contributed by atoms with van der Waals surface area (Å²) < 4.78 is 26.9. The van der Waals surface area contributed by atoms with Crippen LogP contribution in [0.3, 0.4) is 0 Å². The van der Waals surface area contributed by atoms with Crippen molar-refractivity contribution in [3.8, 4) is 0 Å². The maximum Gasteiger partial charge on any atom is 0.234 e. The highest BCUT2D eigenvalue weighted by Crippen LogP contribution is 2.10. The van der Waals surface area contributed by atoms with Gasteiger partial charge in [-0.15, -0.1) is 0 Å². The van der Waals surface area contributed by atoms with Gasteiger partial charge in [0.05, 0.1) is 6.54 Å². The number of hydrogen-bond donors (Lipinski definition) is 1. The van der Waals surface area contributed by atoms with Crippen molar-refractivity contribution < 1.29 is 13.6 Å². The van der Waals surface area contributed by atoms with Crippen molar-refractivity contribution in [2.24, 2.45) is 0 Å². The molecular weight excluding hydrogens is 384 g/mol. The molecule has 0 aliphatic heterocycles. The lowest BCUT2D eigenvalue weighted by Gasteiger charge is -2.22. The Morgan fingerprint density at radius 1 is 1.03 bits per heavy atom. The number of benzene rings is 2. The molecule has 2 aromatic carbocycles. The van der Waals surface area contributed by atoms with Crippen molar-refractivity contribution >= 4 is 5.91 Å². The minimum atomic E-state index is -0.290. The lowest BCUT2D eigenvalue weighted by molar-refractivity contribution is -0.122. The van der Waals surface area contributed by atoms with Crippen LogP contribution in [0, 0.1) is 18.6 Å². The highest BCUT2D eigenvalue weighted by Gasteiger charge is 2.12. The zero-order valence-electron chi connectivity index (χ0n) is 16.9. The molecule has 0 atom stereocenters. The molecule has 0 aliphatic carbocycles. The summed E-state index contributed by atoms with van der Waals surface area (Å²) in [7, 11) is 0. The second-order valence-corrected chi connectivity index (χ2v) is 7.27. The number of aryl methyl sites for hydroxylation is 1. The summed E-state index contributed by atoms with van der Waals surface area (Å²) >= 11 is 0. The van der Waals surface area contributed by atoms with Crippen LogP contribution < -0.4 is 5.32 Å². The van der Waals surface area contributed by atoms with Crippen molar-refractivity contribution in [2.45, 2.75) is 26.4 Å². The number of nitrogens with one attached hydrogen (secondary N) is 1.